The largest absolute Gasteiger partial charge is 1.00 e. The number of hydrogen-bond donors (Lipinski definition) is 1. The van der Waals surface area contributed by atoms with Gasteiger partial charge in [0.2, 0.25) is 10.0 Å². The predicted molar refractivity (Wildman–Crippen MR) is 86.4 cm³/mol. The third-order valence-corrected chi connectivity index (χ3v) is 5.21. The summed E-state index contributed by atoms with van der Waals surface area (Å²) in [6, 6.07) is 0.308. The topological polar surface area (TPSA) is 127 Å². The second kappa shape index (κ2) is 8.77. The summed E-state index contributed by atoms with van der Waals surface area (Å²) < 4.78 is 23.4. The van der Waals surface area contributed by atoms with Crippen LogP contribution in [0.5, 0.6) is 0 Å². The first-order chi connectivity index (χ1) is 11.5. The molecule has 136 valence electrons. The molecule has 4 amide bonds. The van der Waals surface area contributed by atoms with E-state index in [4.69, 9.17) is 23.2 Å². The summed E-state index contributed by atoms with van der Waals surface area (Å²) in [7, 11) is -3.84. The standard InChI is InChI=1S/C13H13Cl2N3O6S.Na/c1-25(23,24)18-6-5-17(13(18)22)12(21)16-10(11(19)20)9-7(14)3-2-4-8(9)15;/h2-4,10H,5-6H2,1H3,(H,16,21)(H,19,20);/q;+1/p-1. The molecule has 1 unspecified atom stereocenters. The first kappa shape index (κ1) is 23.0. The van der Waals surface area contributed by atoms with E-state index >= 15 is 0 Å². The Morgan fingerprint density at radius 3 is 2.19 bits per heavy atom. The number of nitrogens with one attached hydrogen (secondary N) is 1. The zero-order valence-corrected chi connectivity index (χ0v) is 18.1. The minimum Gasteiger partial charge on any atom is -0.548 e. The van der Waals surface area contributed by atoms with Crippen LogP contribution in [0.25, 0.3) is 0 Å². The van der Waals surface area contributed by atoms with E-state index in [9.17, 15) is 27.9 Å². The van der Waals surface area contributed by atoms with Crippen molar-refractivity contribution in [2.75, 3.05) is 19.3 Å². The van der Waals surface area contributed by atoms with Gasteiger partial charge in [0.25, 0.3) is 0 Å². The third kappa shape index (κ3) is 4.81. The van der Waals surface area contributed by atoms with E-state index in [1.807, 2.05) is 0 Å². The Morgan fingerprint density at radius 2 is 1.77 bits per heavy atom. The van der Waals surface area contributed by atoms with Crippen molar-refractivity contribution in [3.05, 3.63) is 33.8 Å². The van der Waals surface area contributed by atoms with E-state index in [1.54, 1.807) is 0 Å². The first-order valence-electron chi connectivity index (χ1n) is 6.78. The number of nitrogens with zero attached hydrogens (tertiary/aromatic N) is 2. The van der Waals surface area contributed by atoms with Crippen molar-refractivity contribution in [3.63, 3.8) is 0 Å². The Morgan fingerprint density at radius 1 is 1.23 bits per heavy atom. The summed E-state index contributed by atoms with van der Waals surface area (Å²) in [5.74, 6) is -1.70. The Balaban J connectivity index is 0.00000338. The number of imide groups is 1. The van der Waals surface area contributed by atoms with Crippen molar-refractivity contribution in [2.45, 2.75) is 6.04 Å². The van der Waals surface area contributed by atoms with Crippen molar-refractivity contribution in [1.29, 1.82) is 0 Å². The molecule has 1 saturated heterocycles. The fraction of sp³-hybridized carbons (Fsp3) is 0.308. The molecule has 0 aliphatic carbocycles. The molecule has 1 aromatic rings. The van der Waals surface area contributed by atoms with Crippen LogP contribution < -0.4 is 40.0 Å². The van der Waals surface area contributed by atoms with Gasteiger partial charge in [-0.25, -0.2) is 27.2 Å². The molecule has 1 N–H and O–H groups in total. The number of hydrogen-bond acceptors (Lipinski definition) is 6. The van der Waals surface area contributed by atoms with Gasteiger partial charge in [-0.15, -0.1) is 0 Å². The number of urea groups is 2. The van der Waals surface area contributed by atoms with E-state index in [-0.39, 0.29) is 58.3 Å². The van der Waals surface area contributed by atoms with Gasteiger partial charge in [-0.1, -0.05) is 29.3 Å². The Hall–Kier alpha value is -1.04. The maximum absolute atomic E-state index is 12.2. The molecular weight excluding hydrogens is 420 g/mol. The predicted octanol–water partition coefficient (Wildman–Crippen LogP) is -2.80. The van der Waals surface area contributed by atoms with Crippen LogP contribution in [0.3, 0.4) is 0 Å². The number of benzene rings is 1. The molecule has 0 spiro atoms. The molecule has 0 saturated carbocycles. The smallest absolute Gasteiger partial charge is 0.548 e. The summed E-state index contributed by atoms with van der Waals surface area (Å²) in [5, 5.41) is 13.4. The maximum atomic E-state index is 12.2. The fourth-order valence-electron chi connectivity index (χ4n) is 2.25. The maximum Gasteiger partial charge on any atom is 1.00 e. The van der Waals surface area contributed by atoms with Gasteiger partial charge in [0.05, 0.1) is 31.4 Å². The van der Waals surface area contributed by atoms with Crippen LogP contribution in [0.15, 0.2) is 18.2 Å². The van der Waals surface area contributed by atoms with E-state index in [2.05, 4.69) is 5.32 Å². The SMILES string of the molecule is CS(=O)(=O)N1CCN(C(=O)NC(C(=O)[O-])c2c(Cl)cccc2Cl)C1=O.[Na+]. The zero-order chi connectivity index (χ0) is 18.9. The molecule has 9 nitrogen and oxygen atoms in total. The molecule has 2 rings (SSSR count). The molecule has 13 heteroatoms. The molecule has 1 aliphatic heterocycles. The number of carboxylic acids is 1. The normalized spacial score (nSPS) is 15.4. The Labute approximate surface area is 181 Å². The number of halogens is 2. The van der Waals surface area contributed by atoms with Crippen LogP contribution in [0.1, 0.15) is 11.6 Å². The number of carbonyl (C=O) groups excluding carboxylic acids is 3. The van der Waals surface area contributed by atoms with Crippen LogP contribution in [-0.4, -0.2) is 55.0 Å². The van der Waals surface area contributed by atoms with Crippen LogP contribution in [0.2, 0.25) is 10.0 Å². The van der Waals surface area contributed by atoms with Crippen LogP contribution in [0, 0.1) is 0 Å². The molecule has 1 aliphatic rings. The van der Waals surface area contributed by atoms with Crippen LogP contribution >= 0.6 is 23.2 Å². The quantitative estimate of drug-likeness (QED) is 0.512. The number of carboxylic acid groups (broad SMARTS) is 1. The molecule has 1 fully saturated rings. The second-order valence-corrected chi connectivity index (χ2v) is 7.83. The van der Waals surface area contributed by atoms with E-state index in [1.165, 1.54) is 18.2 Å². The van der Waals surface area contributed by atoms with Crippen molar-refractivity contribution < 1.29 is 57.5 Å². The van der Waals surface area contributed by atoms with E-state index in [0.29, 0.717) is 9.21 Å². The number of rotatable bonds is 4. The summed E-state index contributed by atoms with van der Waals surface area (Å²) in [6.07, 6.45) is 0.819. The second-order valence-electron chi connectivity index (χ2n) is 5.11. The molecule has 0 aromatic heterocycles. The first-order valence-corrected chi connectivity index (χ1v) is 9.39. The van der Waals surface area contributed by atoms with Gasteiger partial charge in [-0.05, 0) is 12.1 Å². The van der Waals surface area contributed by atoms with Crippen molar-refractivity contribution in [3.8, 4) is 0 Å². The minimum atomic E-state index is -3.84. The summed E-state index contributed by atoms with van der Waals surface area (Å²) in [5.41, 5.74) is -0.106. The van der Waals surface area contributed by atoms with E-state index < -0.39 is 34.1 Å². The molecular formula is C13H12Cl2N3NaO6S. The Kier molecular flexibility index (Phi) is 7.75. The fourth-order valence-corrected chi connectivity index (χ4v) is 3.66. The summed E-state index contributed by atoms with van der Waals surface area (Å²) in [4.78, 5) is 36.2. The van der Waals surface area contributed by atoms with Gasteiger partial charge in [-0.3, -0.25) is 0 Å². The van der Waals surface area contributed by atoms with E-state index in [0.717, 1.165) is 6.26 Å². The number of sulfonamides is 1. The minimum absolute atomic E-state index is 0. The average Bonchev–Trinajstić information content (AvgIpc) is 2.87. The van der Waals surface area contributed by atoms with Gasteiger partial charge in [0.1, 0.15) is 0 Å². The third-order valence-electron chi connectivity index (χ3n) is 3.41. The summed E-state index contributed by atoms with van der Waals surface area (Å²) >= 11 is 11.9. The molecule has 1 heterocycles. The van der Waals surface area contributed by atoms with Crippen LogP contribution in [-0.2, 0) is 14.8 Å². The van der Waals surface area contributed by atoms with Gasteiger partial charge >= 0.3 is 41.6 Å². The number of amides is 4. The number of aliphatic carboxylic acids is 1. The molecule has 26 heavy (non-hydrogen) atoms. The van der Waals surface area contributed by atoms with Crippen LogP contribution in [0.4, 0.5) is 9.59 Å². The van der Waals surface area contributed by atoms with Gasteiger partial charge < -0.3 is 15.2 Å². The number of carbonyl (C=O) groups is 3. The molecule has 1 aromatic carbocycles. The van der Waals surface area contributed by atoms with Crippen molar-refractivity contribution in [1.82, 2.24) is 14.5 Å². The van der Waals surface area contributed by atoms with Gasteiger partial charge in [0, 0.05) is 15.6 Å². The van der Waals surface area contributed by atoms with Crippen molar-refractivity contribution in [2.24, 2.45) is 0 Å². The average molecular weight is 432 g/mol. The Bertz CT molecular complexity index is 830. The van der Waals surface area contributed by atoms with Gasteiger partial charge in [-0.2, -0.15) is 0 Å². The zero-order valence-electron chi connectivity index (χ0n) is 13.7. The molecule has 0 radical (unpaired) electrons. The summed E-state index contributed by atoms with van der Waals surface area (Å²) in [6.45, 7) is -0.457. The van der Waals surface area contributed by atoms with Gasteiger partial charge in [0.15, 0.2) is 0 Å². The monoisotopic (exact) mass is 431 g/mol. The van der Waals surface area contributed by atoms with Crippen molar-refractivity contribution >= 4 is 51.3 Å². The molecule has 0 bridgehead atoms. The molecule has 1 atom stereocenters.